The Hall–Kier alpha value is -4.25. The van der Waals surface area contributed by atoms with Crippen molar-refractivity contribution in [2.24, 2.45) is 0 Å². The highest BCUT2D eigenvalue weighted by Gasteiger charge is 2.28. The number of sulfonamides is 1. The van der Waals surface area contributed by atoms with Crippen molar-refractivity contribution in [1.29, 1.82) is 0 Å². The van der Waals surface area contributed by atoms with Crippen LogP contribution in [0.15, 0.2) is 71.6 Å². The normalized spacial score (nSPS) is 10.8. The van der Waals surface area contributed by atoms with Gasteiger partial charge in [-0.1, -0.05) is 18.2 Å². The summed E-state index contributed by atoms with van der Waals surface area (Å²) in [6.45, 7) is 1.70. The van der Waals surface area contributed by atoms with E-state index in [1.165, 1.54) is 45.6 Å². The summed E-state index contributed by atoms with van der Waals surface area (Å²) < 4.78 is 48.8. The van der Waals surface area contributed by atoms with Crippen LogP contribution in [0.4, 0.5) is 11.4 Å². The molecule has 0 heterocycles. The van der Waals surface area contributed by atoms with E-state index in [0.717, 1.165) is 4.31 Å². The Morgan fingerprint density at radius 3 is 2.08 bits per heavy atom. The molecule has 11 heteroatoms. The molecular formula is C26H28N2O8S. The minimum absolute atomic E-state index is 0.00651. The maximum atomic E-state index is 13.5. The molecule has 3 aromatic rings. The standard InChI is InChI=1S/C26H28N2O8S/c1-5-36-19-13-11-18(12-14-19)28(37(31,32)20-9-7-6-8-10-20)17-25(29)27-22-16-24(34-3)23(33-2)15-21(22)26(30)35-4/h6-16H,5,17H2,1-4H3,(H,27,29). The highest BCUT2D eigenvalue weighted by molar-refractivity contribution is 7.92. The number of hydrogen-bond donors (Lipinski definition) is 1. The Kier molecular flexibility index (Phi) is 8.96. The molecule has 37 heavy (non-hydrogen) atoms. The van der Waals surface area contributed by atoms with E-state index >= 15 is 0 Å². The topological polar surface area (TPSA) is 120 Å². The van der Waals surface area contributed by atoms with Crippen molar-refractivity contribution in [2.45, 2.75) is 11.8 Å². The number of amides is 1. The van der Waals surface area contributed by atoms with Crippen LogP contribution in [0.5, 0.6) is 17.2 Å². The van der Waals surface area contributed by atoms with E-state index in [-0.39, 0.29) is 33.3 Å². The minimum atomic E-state index is -4.13. The lowest BCUT2D eigenvalue weighted by atomic mass is 10.1. The van der Waals surface area contributed by atoms with Crippen molar-refractivity contribution in [2.75, 3.05) is 44.1 Å². The molecule has 1 N–H and O–H groups in total. The summed E-state index contributed by atoms with van der Waals surface area (Å²) >= 11 is 0. The van der Waals surface area contributed by atoms with Crippen LogP contribution in [-0.2, 0) is 19.6 Å². The van der Waals surface area contributed by atoms with Crippen molar-refractivity contribution in [3.8, 4) is 17.2 Å². The summed E-state index contributed by atoms with van der Waals surface area (Å²) in [5.41, 5.74) is 0.327. The van der Waals surface area contributed by atoms with Gasteiger partial charge in [-0.25, -0.2) is 13.2 Å². The lowest BCUT2D eigenvalue weighted by molar-refractivity contribution is -0.114. The van der Waals surface area contributed by atoms with Crippen molar-refractivity contribution in [3.05, 3.63) is 72.3 Å². The fourth-order valence-electron chi connectivity index (χ4n) is 3.49. The molecule has 0 saturated heterocycles. The average Bonchev–Trinajstić information content (AvgIpc) is 2.92. The molecule has 0 unspecified atom stereocenters. The molecule has 0 radical (unpaired) electrons. The fourth-order valence-corrected chi connectivity index (χ4v) is 4.93. The van der Waals surface area contributed by atoms with Crippen molar-refractivity contribution in [1.82, 2.24) is 0 Å². The van der Waals surface area contributed by atoms with Gasteiger partial charge in [-0.15, -0.1) is 0 Å². The summed E-state index contributed by atoms with van der Waals surface area (Å²) in [5.74, 6) is -0.364. The quantitative estimate of drug-likeness (QED) is 0.374. The lowest BCUT2D eigenvalue weighted by Crippen LogP contribution is -2.38. The molecule has 0 fully saturated rings. The molecule has 0 saturated carbocycles. The number of anilines is 2. The van der Waals surface area contributed by atoms with E-state index in [4.69, 9.17) is 18.9 Å². The maximum absolute atomic E-state index is 13.5. The third kappa shape index (κ3) is 6.31. The summed E-state index contributed by atoms with van der Waals surface area (Å²) in [6.07, 6.45) is 0. The molecule has 0 aliphatic carbocycles. The van der Waals surface area contributed by atoms with Gasteiger partial charge >= 0.3 is 5.97 Å². The number of rotatable bonds is 11. The van der Waals surface area contributed by atoms with Crippen LogP contribution >= 0.6 is 0 Å². The van der Waals surface area contributed by atoms with Crippen LogP contribution < -0.4 is 23.8 Å². The minimum Gasteiger partial charge on any atom is -0.494 e. The number of benzene rings is 3. The van der Waals surface area contributed by atoms with E-state index in [2.05, 4.69) is 5.32 Å². The SMILES string of the molecule is CCOc1ccc(N(CC(=O)Nc2cc(OC)c(OC)cc2C(=O)OC)S(=O)(=O)c2ccccc2)cc1. The van der Waals surface area contributed by atoms with E-state index in [9.17, 15) is 18.0 Å². The van der Waals surface area contributed by atoms with Gasteiger partial charge in [0.2, 0.25) is 5.91 Å². The average molecular weight is 529 g/mol. The first-order chi connectivity index (χ1) is 17.7. The smallest absolute Gasteiger partial charge is 0.340 e. The zero-order valence-corrected chi connectivity index (χ0v) is 21.7. The van der Waals surface area contributed by atoms with E-state index in [0.29, 0.717) is 12.4 Å². The third-order valence-electron chi connectivity index (χ3n) is 5.26. The molecule has 0 spiro atoms. The molecule has 0 aliphatic heterocycles. The number of methoxy groups -OCH3 is 3. The maximum Gasteiger partial charge on any atom is 0.340 e. The number of ether oxygens (including phenoxy) is 4. The van der Waals surface area contributed by atoms with Gasteiger partial charge in [-0.3, -0.25) is 9.10 Å². The number of nitrogens with zero attached hydrogens (tertiary/aromatic N) is 1. The molecule has 0 aliphatic rings. The summed E-state index contributed by atoms with van der Waals surface area (Å²) in [5, 5.41) is 2.60. The number of nitrogens with one attached hydrogen (secondary N) is 1. The molecule has 10 nitrogen and oxygen atoms in total. The monoisotopic (exact) mass is 528 g/mol. The van der Waals surface area contributed by atoms with Gasteiger partial charge < -0.3 is 24.3 Å². The van der Waals surface area contributed by atoms with E-state index in [1.54, 1.807) is 42.5 Å². The van der Waals surface area contributed by atoms with Gasteiger partial charge in [0.05, 0.1) is 49.8 Å². The van der Waals surface area contributed by atoms with E-state index in [1.807, 2.05) is 6.92 Å². The second kappa shape index (κ2) is 12.1. The second-order valence-corrected chi connectivity index (χ2v) is 9.41. The zero-order valence-electron chi connectivity index (χ0n) is 20.9. The van der Waals surface area contributed by atoms with Crippen LogP contribution in [0, 0.1) is 0 Å². The fraction of sp³-hybridized carbons (Fsp3) is 0.231. The van der Waals surface area contributed by atoms with Gasteiger partial charge in [0.15, 0.2) is 11.5 Å². The number of esters is 1. The number of hydrogen-bond acceptors (Lipinski definition) is 8. The van der Waals surface area contributed by atoms with Crippen LogP contribution in [0.2, 0.25) is 0 Å². The summed E-state index contributed by atoms with van der Waals surface area (Å²) in [4.78, 5) is 25.6. The third-order valence-corrected chi connectivity index (χ3v) is 7.05. The van der Waals surface area contributed by atoms with E-state index < -0.39 is 28.4 Å². The Labute approximate surface area is 215 Å². The van der Waals surface area contributed by atoms with Crippen molar-refractivity contribution >= 4 is 33.3 Å². The highest BCUT2D eigenvalue weighted by atomic mass is 32.2. The first-order valence-corrected chi connectivity index (χ1v) is 12.6. The van der Waals surface area contributed by atoms with Gasteiger partial charge in [0.1, 0.15) is 12.3 Å². The molecular weight excluding hydrogens is 500 g/mol. The largest absolute Gasteiger partial charge is 0.494 e. The second-order valence-electron chi connectivity index (χ2n) is 7.54. The molecule has 0 bridgehead atoms. The highest BCUT2D eigenvalue weighted by Crippen LogP contribution is 2.34. The molecule has 3 rings (SSSR count). The van der Waals surface area contributed by atoms with Gasteiger partial charge in [-0.2, -0.15) is 0 Å². The molecule has 0 aromatic heterocycles. The summed E-state index contributed by atoms with van der Waals surface area (Å²) in [6, 6.07) is 16.9. The van der Waals surface area contributed by atoms with Gasteiger partial charge in [0, 0.05) is 12.1 Å². The van der Waals surface area contributed by atoms with Crippen molar-refractivity contribution < 1.29 is 37.0 Å². The van der Waals surface area contributed by atoms with Crippen LogP contribution in [0.25, 0.3) is 0 Å². The summed E-state index contributed by atoms with van der Waals surface area (Å²) in [7, 11) is -0.120. The van der Waals surface area contributed by atoms with Gasteiger partial charge in [0.25, 0.3) is 10.0 Å². The predicted octanol–water partition coefficient (Wildman–Crippen LogP) is 3.72. The Balaban J connectivity index is 2.00. The lowest BCUT2D eigenvalue weighted by Gasteiger charge is -2.24. The predicted molar refractivity (Wildman–Crippen MR) is 138 cm³/mol. The Bertz CT molecular complexity index is 1340. The number of carbonyl (C=O) groups excluding carboxylic acids is 2. The Morgan fingerprint density at radius 2 is 1.51 bits per heavy atom. The van der Waals surface area contributed by atoms with Crippen LogP contribution in [-0.4, -0.2) is 54.8 Å². The van der Waals surface area contributed by atoms with Crippen LogP contribution in [0.1, 0.15) is 17.3 Å². The molecule has 0 atom stereocenters. The molecule has 1 amide bonds. The van der Waals surface area contributed by atoms with Crippen LogP contribution in [0.3, 0.4) is 0 Å². The molecule has 3 aromatic carbocycles. The van der Waals surface area contributed by atoms with Gasteiger partial charge in [-0.05, 0) is 43.3 Å². The first-order valence-electron chi connectivity index (χ1n) is 11.2. The number of carbonyl (C=O) groups is 2. The first kappa shape index (κ1) is 27.3. The molecule has 196 valence electrons. The zero-order chi connectivity index (χ0) is 27.0. The Morgan fingerprint density at radius 1 is 0.892 bits per heavy atom. The van der Waals surface area contributed by atoms with Crippen molar-refractivity contribution in [3.63, 3.8) is 0 Å².